The maximum absolute atomic E-state index is 10.5. The van der Waals surface area contributed by atoms with Crippen molar-refractivity contribution in [1.82, 2.24) is 19.5 Å². The molecule has 148 valence electrons. The van der Waals surface area contributed by atoms with Crippen molar-refractivity contribution >= 4 is 34.6 Å². The van der Waals surface area contributed by atoms with Crippen molar-refractivity contribution in [3.8, 4) is 5.75 Å². The van der Waals surface area contributed by atoms with Crippen LogP contribution in [0.5, 0.6) is 5.75 Å². The van der Waals surface area contributed by atoms with Crippen molar-refractivity contribution < 1.29 is 14.6 Å². The lowest BCUT2D eigenvalue weighted by Crippen LogP contribution is -2.06. The summed E-state index contributed by atoms with van der Waals surface area (Å²) in [5.74, 6) is 0.626. The van der Waals surface area contributed by atoms with Crippen LogP contribution in [0.15, 0.2) is 30.6 Å². The van der Waals surface area contributed by atoms with Crippen LogP contribution in [0.2, 0.25) is 5.28 Å². The van der Waals surface area contributed by atoms with Crippen LogP contribution in [0, 0.1) is 0 Å². The lowest BCUT2D eigenvalue weighted by molar-refractivity contribution is -0.137. The van der Waals surface area contributed by atoms with Gasteiger partial charge in [0.05, 0.1) is 20.0 Å². The van der Waals surface area contributed by atoms with E-state index in [9.17, 15) is 4.79 Å². The molecule has 2 heterocycles. The van der Waals surface area contributed by atoms with Crippen molar-refractivity contribution in [3.63, 3.8) is 0 Å². The Bertz CT molecular complexity index is 943. The number of rotatable bonds is 10. The van der Waals surface area contributed by atoms with E-state index in [0.717, 1.165) is 24.2 Å². The van der Waals surface area contributed by atoms with Gasteiger partial charge in [-0.25, -0.2) is 4.98 Å². The first kappa shape index (κ1) is 19.9. The highest BCUT2D eigenvalue weighted by Crippen LogP contribution is 2.22. The first-order valence-electron chi connectivity index (χ1n) is 9.04. The van der Waals surface area contributed by atoms with Crippen molar-refractivity contribution in [1.29, 1.82) is 0 Å². The Labute approximate surface area is 167 Å². The summed E-state index contributed by atoms with van der Waals surface area (Å²) in [6, 6.07) is 7.80. The average Bonchev–Trinajstić information content (AvgIpc) is 3.07. The fourth-order valence-corrected chi connectivity index (χ4v) is 3.03. The van der Waals surface area contributed by atoms with E-state index in [4.69, 9.17) is 21.4 Å². The number of halogens is 1. The number of aromatic nitrogens is 4. The Balaban J connectivity index is 1.68. The number of carboxylic acids is 1. The van der Waals surface area contributed by atoms with Gasteiger partial charge in [-0.15, -0.1) is 0 Å². The number of carbonyl (C=O) groups is 1. The number of aliphatic carboxylic acids is 1. The van der Waals surface area contributed by atoms with Crippen molar-refractivity contribution in [2.24, 2.45) is 0 Å². The molecule has 0 saturated carbocycles. The molecular weight excluding hydrogens is 382 g/mol. The zero-order valence-electron chi connectivity index (χ0n) is 15.6. The summed E-state index contributed by atoms with van der Waals surface area (Å²) in [5, 5.41) is 12.1. The van der Waals surface area contributed by atoms with E-state index >= 15 is 0 Å². The third-order valence-corrected chi connectivity index (χ3v) is 4.48. The maximum atomic E-state index is 10.5. The lowest BCUT2D eigenvalue weighted by atomic mass is 10.2. The molecule has 0 atom stereocenters. The number of hydrogen-bond donors (Lipinski definition) is 2. The summed E-state index contributed by atoms with van der Waals surface area (Å²) in [7, 11) is 1.64. The van der Waals surface area contributed by atoms with Gasteiger partial charge in [0.25, 0.3) is 0 Å². The van der Waals surface area contributed by atoms with Crippen molar-refractivity contribution in [3.05, 3.63) is 41.4 Å². The number of carboxylic acid groups (broad SMARTS) is 1. The second-order valence-corrected chi connectivity index (χ2v) is 6.70. The molecular formula is C19H22ClN5O3. The molecule has 0 aliphatic carbocycles. The third kappa shape index (κ3) is 5.10. The van der Waals surface area contributed by atoms with Gasteiger partial charge in [0.1, 0.15) is 5.75 Å². The minimum atomic E-state index is -0.764. The molecule has 0 bridgehead atoms. The van der Waals surface area contributed by atoms with Gasteiger partial charge in [0, 0.05) is 13.0 Å². The molecule has 0 saturated heterocycles. The van der Waals surface area contributed by atoms with Crippen LogP contribution < -0.4 is 10.1 Å². The van der Waals surface area contributed by atoms with Gasteiger partial charge in [-0.1, -0.05) is 18.6 Å². The number of imidazole rings is 1. The predicted octanol–water partition coefficient (Wildman–Crippen LogP) is 3.59. The first-order valence-corrected chi connectivity index (χ1v) is 9.41. The Morgan fingerprint density at radius 1 is 1.21 bits per heavy atom. The Morgan fingerprint density at radius 3 is 2.71 bits per heavy atom. The van der Waals surface area contributed by atoms with Gasteiger partial charge in [-0.05, 0) is 42.1 Å². The summed E-state index contributed by atoms with van der Waals surface area (Å²) in [5.41, 5.74) is 2.40. The van der Waals surface area contributed by atoms with Crippen LogP contribution >= 0.6 is 11.6 Å². The molecule has 0 unspecified atom stereocenters. The quantitative estimate of drug-likeness (QED) is 0.394. The van der Waals surface area contributed by atoms with E-state index < -0.39 is 5.97 Å². The Hall–Kier alpha value is -2.87. The number of benzene rings is 1. The fraction of sp³-hybridized carbons (Fsp3) is 0.368. The van der Waals surface area contributed by atoms with Gasteiger partial charge in [-0.3, -0.25) is 4.79 Å². The number of hydrogen-bond acceptors (Lipinski definition) is 6. The molecule has 2 aromatic heterocycles. The van der Waals surface area contributed by atoms with Gasteiger partial charge in [0.15, 0.2) is 17.0 Å². The van der Waals surface area contributed by atoms with Crippen LogP contribution in [-0.2, 0) is 11.3 Å². The summed E-state index contributed by atoms with van der Waals surface area (Å²) >= 11 is 6.11. The molecule has 3 rings (SSSR count). The second-order valence-electron chi connectivity index (χ2n) is 6.37. The normalized spacial score (nSPS) is 10.9. The van der Waals surface area contributed by atoms with Crippen LogP contribution in [0.1, 0.15) is 31.2 Å². The van der Waals surface area contributed by atoms with Crippen LogP contribution in [0.4, 0.5) is 5.82 Å². The number of fused-ring (bicyclic) bond motifs is 1. The molecule has 2 N–H and O–H groups in total. The minimum absolute atomic E-state index is 0.150. The zero-order valence-corrected chi connectivity index (χ0v) is 16.3. The van der Waals surface area contributed by atoms with Gasteiger partial charge in [0.2, 0.25) is 5.28 Å². The second kappa shape index (κ2) is 9.36. The summed E-state index contributed by atoms with van der Waals surface area (Å²) in [4.78, 5) is 23.6. The van der Waals surface area contributed by atoms with Crippen LogP contribution in [-0.4, -0.2) is 44.2 Å². The average molecular weight is 404 g/mol. The van der Waals surface area contributed by atoms with E-state index in [2.05, 4.69) is 20.3 Å². The Morgan fingerprint density at radius 2 is 2.00 bits per heavy atom. The number of ether oxygens (including phenoxy) is 1. The standard InChI is InChI=1S/C19H22ClN5O3/c1-28-14-8-6-13(7-9-14)11-25-12-22-16-17(23-19(20)24-18(16)25)21-10-4-2-3-5-15(26)27/h6-9,12H,2-5,10-11H2,1H3,(H,26,27)(H,21,23,24). The maximum Gasteiger partial charge on any atom is 0.303 e. The van der Waals surface area contributed by atoms with E-state index in [-0.39, 0.29) is 11.7 Å². The Kier molecular flexibility index (Phi) is 6.65. The van der Waals surface area contributed by atoms with Crippen molar-refractivity contribution in [2.75, 3.05) is 19.0 Å². The molecule has 3 aromatic rings. The van der Waals surface area contributed by atoms with Gasteiger partial charge < -0.3 is 19.7 Å². The smallest absolute Gasteiger partial charge is 0.303 e. The SMILES string of the molecule is COc1ccc(Cn2cnc3c(NCCCCCC(=O)O)nc(Cl)nc32)cc1. The van der Waals surface area contributed by atoms with E-state index in [1.54, 1.807) is 13.4 Å². The van der Waals surface area contributed by atoms with Gasteiger partial charge >= 0.3 is 5.97 Å². The molecule has 1 aromatic carbocycles. The minimum Gasteiger partial charge on any atom is -0.497 e. The molecule has 0 spiro atoms. The highest BCUT2D eigenvalue weighted by atomic mass is 35.5. The highest BCUT2D eigenvalue weighted by molar-refractivity contribution is 6.28. The van der Waals surface area contributed by atoms with Gasteiger partial charge in [-0.2, -0.15) is 9.97 Å². The van der Waals surface area contributed by atoms with Crippen LogP contribution in [0.25, 0.3) is 11.2 Å². The van der Waals surface area contributed by atoms with Crippen molar-refractivity contribution in [2.45, 2.75) is 32.2 Å². The number of nitrogens with zero attached hydrogens (tertiary/aromatic N) is 4. The fourth-order valence-electron chi connectivity index (χ4n) is 2.87. The number of unbranched alkanes of at least 4 members (excludes halogenated alkanes) is 2. The largest absolute Gasteiger partial charge is 0.497 e. The molecule has 9 heteroatoms. The van der Waals surface area contributed by atoms with Crippen LogP contribution in [0.3, 0.4) is 0 Å². The molecule has 0 aliphatic rings. The molecule has 0 fully saturated rings. The number of anilines is 1. The van der Waals surface area contributed by atoms with E-state index in [0.29, 0.717) is 36.5 Å². The van der Waals surface area contributed by atoms with E-state index in [1.165, 1.54) is 0 Å². The number of nitrogens with one attached hydrogen (secondary N) is 1. The topological polar surface area (TPSA) is 102 Å². The number of methoxy groups -OCH3 is 1. The lowest BCUT2D eigenvalue weighted by Gasteiger charge is -2.08. The monoisotopic (exact) mass is 403 g/mol. The molecule has 0 aliphatic heterocycles. The molecule has 28 heavy (non-hydrogen) atoms. The summed E-state index contributed by atoms with van der Waals surface area (Å²) in [6.07, 6.45) is 4.24. The molecule has 0 radical (unpaired) electrons. The molecule has 8 nitrogen and oxygen atoms in total. The first-order chi connectivity index (χ1) is 13.6. The highest BCUT2D eigenvalue weighted by Gasteiger charge is 2.13. The van der Waals surface area contributed by atoms with E-state index in [1.807, 2.05) is 28.8 Å². The predicted molar refractivity (Wildman–Crippen MR) is 107 cm³/mol. The third-order valence-electron chi connectivity index (χ3n) is 4.31. The zero-order chi connectivity index (χ0) is 19.9. The molecule has 0 amide bonds. The summed E-state index contributed by atoms with van der Waals surface area (Å²) < 4.78 is 7.10. The summed E-state index contributed by atoms with van der Waals surface area (Å²) in [6.45, 7) is 1.26.